The molecule has 2 amide bonds. The summed E-state index contributed by atoms with van der Waals surface area (Å²) in [5.74, 6) is 0.242. The minimum absolute atomic E-state index is 0.00256. The van der Waals surface area contributed by atoms with Crippen molar-refractivity contribution in [3.63, 3.8) is 0 Å². The Morgan fingerprint density at radius 2 is 1.97 bits per heavy atom. The smallest absolute Gasteiger partial charge is 0.239 e. The minimum Gasteiger partial charge on any atom is -0.348 e. The molecule has 2 N–H and O–H groups in total. The Balaban J connectivity index is 1.78. The molecule has 29 heavy (non-hydrogen) atoms. The second-order valence-electron chi connectivity index (χ2n) is 8.49. The van der Waals surface area contributed by atoms with Crippen molar-refractivity contribution in [2.24, 2.45) is 5.41 Å². The third-order valence-electron chi connectivity index (χ3n) is 5.10. The van der Waals surface area contributed by atoms with Crippen molar-refractivity contribution in [1.82, 2.24) is 20.6 Å². The van der Waals surface area contributed by atoms with Crippen LogP contribution in [0.15, 0.2) is 36.5 Å². The molecule has 0 radical (unpaired) electrons. The van der Waals surface area contributed by atoms with E-state index in [1.807, 2.05) is 36.3 Å². The molecule has 3 rings (SSSR count). The Kier molecular flexibility index (Phi) is 6.15. The first-order chi connectivity index (χ1) is 13.7. The molecule has 0 saturated carbocycles. The van der Waals surface area contributed by atoms with Gasteiger partial charge in [0.1, 0.15) is 0 Å². The van der Waals surface area contributed by atoms with Crippen molar-refractivity contribution >= 4 is 17.8 Å². The number of carbonyl (C=O) groups excluding carboxylic acids is 2. The van der Waals surface area contributed by atoms with Crippen LogP contribution in [0.1, 0.15) is 50.1 Å². The zero-order valence-corrected chi connectivity index (χ0v) is 17.5. The Bertz CT molecular complexity index is 882. The van der Waals surface area contributed by atoms with Crippen molar-refractivity contribution < 1.29 is 9.59 Å². The Morgan fingerprint density at radius 1 is 1.24 bits per heavy atom. The van der Waals surface area contributed by atoms with Gasteiger partial charge in [-0.3, -0.25) is 9.59 Å². The lowest BCUT2D eigenvalue weighted by atomic mass is 9.74. The van der Waals surface area contributed by atoms with E-state index in [2.05, 4.69) is 41.6 Å². The lowest BCUT2D eigenvalue weighted by Gasteiger charge is -2.36. The molecular formula is C22H29N5O2. The summed E-state index contributed by atoms with van der Waals surface area (Å²) in [4.78, 5) is 34.7. The summed E-state index contributed by atoms with van der Waals surface area (Å²) < 4.78 is 0. The molecule has 7 heteroatoms. The molecule has 1 aromatic heterocycles. The highest BCUT2D eigenvalue weighted by molar-refractivity contribution is 5.83. The van der Waals surface area contributed by atoms with Crippen LogP contribution in [0.2, 0.25) is 0 Å². The molecule has 1 aliphatic rings. The van der Waals surface area contributed by atoms with Crippen LogP contribution in [-0.4, -0.2) is 35.4 Å². The van der Waals surface area contributed by atoms with Crippen LogP contribution < -0.4 is 15.5 Å². The van der Waals surface area contributed by atoms with E-state index < -0.39 is 0 Å². The fourth-order valence-electron chi connectivity index (χ4n) is 3.73. The number of amides is 2. The van der Waals surface area contributed by atoms with Gasteiger partial charge in [-0.05, 0) is 23.8 Å². The highest BCUT2D eigenvalue weighted by Gasteiger charge is 2.34. The van der Waals surface area contributed by atoms with Crippen LogP contribution in [0.3, 0.4) is 0 Å². The first-order valence-electron chi connectivity index (χ1n) is 9.88. The van der Waals surface area contributed by atoms with Gasteiger partial charge in [0.2, 0.25) is 17.8 Å². The van der Waals surface area contributed by atoms with Gasteiger partial charge in [0, 0.05) is 32.3 Å². The lowest BCUT2D eigenvalue weighted by molar-refractivity contribution is -0.125. The van der Waals surface area contributed by atoms with Crippen LogP contribution in [0.5, 0.6) is 0 Å². The van der Waals surface area contributed by atoms with Crippen molar-refractivity contribution in [3.05, 3.63) is 53.3 Å². The number of nitrogens with zero attached hydrogens (tertiary/aromatic N) is 3. The normalized spacial score (nSPS) is 17.2. The number of rotatable bonds is 6. The number of fused-ring (bicyclic) bond motifs is 1. The first kappa shape index (κ1) is 20.8. The topological polar surface area (TPSA) is 87.2 Å². The van der Waals surface area contributed by atoms with Gasteiger partial charge >= 0.3 is 0 Å². The fourth-order valence-corrected chi connectivity index (χ4v) is 3.73. The third kappa shape index (κ3) is 5.53. The molecule has 1 aromatic carbocycles. The second-order valence-corrected chi connectivity index (χ2v) is 8.49. The van der Waals surface area contributed by atoms with E-state index >= 15 is 0 Å². The number of hydrogen-bond acceptors (Lipinski definition) is 5. The second kappa shape index (κ2) is 8.59. The molecule has 0 saturated heterocycles. The fraction of sp³-hybridized carbons (Fsp3) is 0.455. The van der Waals surface area contributed by atoms with E-state index in [9.17, 15) is 9.59 Å². The largest absolute Gasteiger partial charge is 0.348 e. The van der Waals surface area contributed by atoms with Crippen LogP contribution in [0.4, 0.5) is 5.95 Å². The predicted molar refractivity (Wildman–Crippen MR) is 112 cm³/mol. The Hall–Kier alpha value is -2.96. The SMILES string of the molecule is CC(=O)NCC(=O)N[C@H]1CC(C)(C)Cc2nc(N(C)Cc3ccccc3)ncc21. The highest BCUT2D eigenvalue weighted by Crippen LogP contribution is 2.40. The van der Waals surface area contributed by atoms with E-state index in [0.717, 1.165) is 30.6 Å². The van der Waals surface area contributed by atoms with E-state index in [4.69, 9.17) is 4.98 Å². The summed E-state index contributed by atoms with van der Waals surface area (Å²) in [5.41, 5.74) is 3.12. The monoisotopic (exact) mass is 395 g/mol. The van der Waals surface area contributed by atoms with Crippen LogP contribution in [0.25, 0.3) is 0 Å². The molecule has 1 atom stereocenters. The number of benzene rings is 1. The van der Waals surface area contributed by atoms with Gasteiger partial charge in [-0.2, -0.15) is 0 Å². The summed E-state index contributed by atoms with van der Waals surface area (Å²) in [6.45, 7) is 6.45. The number of carbonyl (C=O) groups is 2. The number of nitrogens with one attached hydrogen (secondary N) is 2. The van der Waals surface area contributed by atoms with Crippen molar-refractivity contribution in [2.75, 3.05) is 18.5 Å². The Morgan fingerprint density at radius 3 is 2.66 bits per heavy atom. The quantitative estimate of drug-likeness (QED) is 0.784. The molecule has 0 unspecified atom stereocenters. The van der Waals surface area contributed by atoms with Crippen LogP contribution in [0, 0.1) is 5.41 Å². The molecule has 1 heterocycles. The summed E-state index contributed by atoms with van der Waals surface area (Å²) in [6, 6.07) is 10.0. The maximum absolute atomic E-state index is 12.2. The predicted octanol–water partition coefficient (Wildman–Crippen LogP) is 2.38. The van der Waals surface area contributed by atoms with E-state index in [1.54, 1.807) is 0 Å². The molecule has 0 aliphatic heterocycles. The summed E-state index contributed by atoms with van der Waals surface area (Å²) in [7, 11) is 1.98. The van der Waals surface area contributed by atoms with Gasteiger partial charge < -0.3 is 15.5 Å². The van der Waals surface area contributed by atoms with Crippen LogP contribution in [-0.2, 0) is 22.6 Å². The molecule has 7 nitrogen and oxygen atoms in total. The van der Waals surface area contributed by atoms with Crippen molar-refractivity contribution in [2.45, 2.75) is 46.2 Å². The average molecular weight is 396 g/mol. The number of hydrogen-bond donors (Lipinski definition) is 2. The third-order valence-corrected chi connectivity index (χ3v) is 5.10. The lowest BCUT2D eigenvalue weighted by Crippen LogP contribution is -2.41. The molecule has 0 spiro atoms. The van der Waals surface area contributed by atoms with Gasteiger partial charge in [-0.15, -0.1) is 0 Å². The van der Waals surface area contributed by atoms with Crippen LogP contribution >= 0.6 is 0 Å². The zero-order chi connectivity index (χ0) is 21.0. The van der Waals surface area contributed by atoms with Crippen molar-refractivity contribution in [3.8, 4) is 0 Å². The summed E-state index contributed by atoms with van der Waals surface area (Å²) in [5, 5.41) is 5.57. The van der Waals surface area contributed by atoms with Gasteiger partial charge in [-0.1, -0.05) is 44.2 Å². The number of anilines is 1. The maximum Gasteiger partial charge on any atom is 0.239 e. The Labute approximate surface area is 171 Å². The molecule has 154 valence electrons. The molecule has 0 bridgehead atoms. The molecule has 1 aliphatic carbocycles. The van der Waals surface area contributed by atoms with E-state index in [0.29, 0.717) is 5.95 Å². The summed E-state index contributed by atoms with van der Waals surface area (Å²) in [6.07, 6.45) is 3.46. The van der Waals surface area contributed by atoms with Gasteiger partial charge in [-0.25, -0.2) is 9.97 Å². The maximum atomic E-state index is 12.2. The average Bonchev–Trinajstić information content (AvgIpc) is 2.65. The van der Waals surface area contributed by atoms with Gasteiger partial charge in [0.25, 0.3) is 0 Å². The zero-order valence-electron chi connectivity index (χ0n) is 17.5. The number of aromatic nitrogens is 2. The standard InChI is InChI=1S/C22H29N5O2/c1-15(28)23-13-20(29)25-18-10-22(2,3)11-19-17(18)12-24-21(26-19)27(4)14-16-8-6-5-7-9-16/h5-9,12,18H,10-11,13-14H2,1-4H3,(H,23,28)(H,25,29)/t18-/m0/s1. The highest BCUT2D eigenvalue weighted by atomic mass is 16.2. The van der Waals surface area contributed by atoms with E-state index in [1.165, 1.54) is 12.5 Å². The molecule has 2 aromatic rings. The van der Waals surface area contributed by atoms with Crippen molar-refractivity contribution in [1.29, 1.82) is 0 Å². The van der Waals surface area contributed by atoms with Gasteiger partial charge in [0.05, 0.1) is 18.3 Å². The van der Waals surface area contributed by atoms with Gasteiger partial charge in [0.15, 0.2) is 0 Å². The minimum atomic E-state index is -0.223. The molecule has 0 fully saturated rings. The molecular weight excluding hydrogens is 366 g/mol. The summed E-state index contributed by atoms with van der Waals surface area (Å²) >= 11 is 0. The first-order valence-corrected chi connectivity index (χ1v) is 9.88. The van der Waals surface area contributed by atoms with E-state index in [-0.39, 0.29) is 29.8 Å².